The fraction of sp³-hybridized carbons (Fsp3) is 0.263. The number of carbonyl (C=O) groups is 1. The molecule has 7 heteroatoms. The van der Waals surface area contributed by atoms with Crippen molar-refractivity contribution in [3.05, 3.63) is 65.0 Å². The Morgan fingerprint density at radius 3 is 2.27 bits per heavy atom. The number of hydrogen-bond acceptors (Lipinski definition) is 2. The van der Waals surface area contributed by atoms with Crippen LogP contribution in [0.5, 0.6) is 0 Å². The van der Waals surface area contributed by atoms with Crippen LogP contribution in [0.2, 0.25) is 0 Å². The predicted molar refractivity (Wildman–Crippen MR) is 88.7 cm³/mol. The van der Waals surface area contributed by atoms with Crippen LogP contribution < -0.4 is 5.32 Å². The first-order valence-electron chi connectivity index (χ1n) is 7.70. The maximum absolute atomic E-state index is 13.0. The third-order valence-corrected chi connectivity index (χ3v) is 3.88. The molecule has 0 fully saturated rings. The molecular formula is C19H16F4N2O. The number of hydrogen-bond donors (Lipinski definition) is 1. The Bertz CT molecular complexity index is 849. The lowest BCUT2D eigenvalue weighted by atomic mass is 9.84. The summed E-state index contributed by atoms with van der Waals surface area (Å²) < 4.78 is 52.0. The Morgan fingerprint density at radius 2 is 1.73 bits per heavy atom. The minimum atomic E-state index is -4.70. The normalized spacial score (nSPS) is 11.7. The second-order valence-corrected chi connectivity index (χ2v) is 6.51. The molecule has 0 heterocycles. The van der Waals surface area contributed by atoms with Gasteiger partial charge >= 0.3 is 6.18 Å². The van der Waals surface area contributed by atoms with E-state index < -0.39 is 34.4 Å². The van der Waals surface area contributed by atoms with E-state index in [0.717, 1.165) is 17.7 Å². The van der Waals surface area contributed by atoms with Crippen molar-refractivity contribution in [2.75, 3.05) is 5.32 Å². The zero-order valence-corrected chi connectivity index (χ0v) is 14.1. The molecule has 3 nitrogen and oxygen atoms in total. The average molecular weight is 364 g/mol. The number of nitriles is 1. The standard InChI is InChI=1S/C19H16F4N2O/c1-18(2,10-12-3-6-14(20)7-4-12)17(26)25-15-8-5-13(11-24)16(9-15)19(21,22)23/h3-9H,10H2,1-2H3,(H,25,26). The largest absolute Gasteiger partial charge is 0.417 e. The minimum absolute atomic E-state index is 0.0477. The highest BCUT2D eigenvalue weighted by atomic mass is 19.4. The second-order valence-electron chi connectivity index (χ2n) is 6.51. The molecule has 0 unspecified atom stereocenters. The van der Waals surface area contributed by atoms with Crippen molar-refractivity contribution in [1.29, 1.82) is 5.26 Å². The van der Waals surface area contributed by atoms with Crippen molar-refractivity contribution >= 4 is 11.6 Å². The lowest BCUT2D eigenvalue weighted by molar-refractivity contribution is -0.137. The van der Waals surface area contributed by atoms with Gasteiger partial charge in [0.2, 0.25) is 5.91 Å². The zero-order chi connectivity index (χ0) is 19.5. The summed E-state index contributed by atoms with van der Waals surface area (Å²) in [4.78, 5) is 12.5. The van der Waals surface area contributed by atoms with Crippen LogP contribution >= 0.6 is 0 Å². The Kier molecular flexibility index (Phi) is 5.36. The maximum Gasteiger partial charge on any atom is 0.417 e. The van der Waals surface area contributed by atoms with E-state index in [-0.39, 0.29) is 12.1 Å². The molecule has 0 saturated heterocycles. The van der Waals surface area contributed by atoms with Crippen molar-refractivity contribution in [2.24, 2.45) is 5.41 Å². The van der Waals surface area contributed by atoms with Gasteiger partial charge in [-0.25, -0.2) is 4.39 Å². The number of halogens is 4. The number of carbonyl (C=O) groups excluding carboxylic acids is 1. The van der Waals surface area contributed by atoms with Gasteiger partial charge < -0.3 is 5.32 Å². The molecule has 0 aromatic heterocycles. The van der Waals surface area contributed by atoms with Crippen molar-refractivity contribution in [1.82, 2.24) is 0 Å². The molecule has 1 amide bonds. The van der Waals surface area contributed by atoms with E-state index in [1.54, 1.807) is 26.0 Å². The topological polar surface area (TPSA) is 52.9 Å². The summed E-state index contributed by atoms with van der Waals surface area (Å²) in [6, 6.07) is 10.1. The Labute approximate surface area is 148 Å². The predicted octanol–water partition coefficient (Wildman–Crippen LogP) is 4.92. The van der Waals surface area contributed by atoms with Gasteiger partial charge in [0.05, 0.1) is 17.2 Å². The quantitative estimate of drug-likeness (QED) is 0.783. The Balaban J connectivity index is 2.20. The van der Waals surface area contributed by atoms with Crippen LogP contribution in [0.25, 0.3) is 0 Å². The molecule has 0 aliphatic rings. The van der Waals surface area contributed by atoms with Crippen LogP contribution in [0.4, 0.5) is 23.2 Å². The monoisotopic (exact) mass is 364 g/mol. The molecule has 136 valence electrons. The summed E-state index contributed by atoms with van der Waals surface area (Å²) >= 11 is 0. The molecule has 0 spiro atoms. The first-order valence-corrected chi connectivity index (χ1v) is 7.70. The van der Waals surface area contributed by atoms with Crippen LogP contribution in [0.15, 0.2) is 42.5 Å². The third kappa shape index (κ3) is 4.60. The fourth-order valence-corrected chi connectivity index (χ4v) is 2.45. The highest BCUT2D eigenvalue weighted by Gasteiger charge is 2.34. The number of alkyl halides is 3. The van der Waals surface area contributed by atoms with E-state index in [1.165, 1.54) is 24.3 Å². The first-order chi connectivity index (χ1) is 12.0. The van der Waals surface area contributed by atoms with E-state index >= 15 is 0 Å². The van der Waals surface area contributed by atoms with Crippen molar-refractivity contribution < 1.29 is 22.4 Å². The van der Waals surface area contributed by atoms with Crippen LogP contribution in [-0.4, -0.2) is 5.91 Å². The number of amides is 1. The number of benzene rings is 2. The SMILES string of the molecule is CC(C)(Cc1ccc(F)cc1)C(=O)Nc1ccc(C#N)c(C(F)(F)F)c1. The van der Waals surface area contributed by atoms with Crippen molar-refractivity contribution in [3.63, 3.8) is 0 Å². The molecule has 0 atom stereocenters. The molecule has 0 bridgehead atoms. The Morgan fingerprint density at radius 1 is 1.12 bits per heavy atom. The van der Waals surface area contributed by atoms with E-state index in [9.17, 15) is 22.4 Å². The molecule has 2 rings (SSSR count). The second kappa shape index (κ2) is 7.16. The molecule has 2 aromatic rings. The van der Waals surface area contributed by atoms with Gasteiger partial charge in [0.25, 0.3) is 0 Å². The van der Waals surface area contributed by atoms with Gasteiger partial charge in [0, 0.05) is 11.1 Å². The maximum atomic E-state index is 13.0. The lowest BCUT2D eigenvalue weighted by Crippen LogP contribution is -2.32. The molecular weight excluding hydrogens is 348 g/mol. The van der Waals surface area contributed by atoms with E-state index in [0.29, 0.717) is 0 Å². The van der Waals surface area contributed by atoms with Crippen LogP contribution in [-0.2, 0) is 17.4 Å². The number of anilines is 1. The number of nitrogens with one attached hydrogen (secondary N) is 1. The van der Waals surface area contributed by atoms with Gasteiger partial charge in [-0.15, -0.1) is 0 Å². The lowest BCUT2D eigenvalue weighted by Gasteiger charge is -2.24. The summed E-state index contributed by atoms with van der Waals surface area (Å²) in [5.74, 6) is -0.882. The van der Waals surface area contributed by atoms with Gasteiger partial charge in [0.15, 0.2) is 0 Å². The smallest absolute Gasteiger partial charge is 0.326 e. The molecule has 26 heavy (non-hydrogen) atoms. The van der Waals surface area contributed by atoms with E-state index in [2.05, 4.69) is 5.32 Å². The summed E-state index contributed by atoms with van der Waals surface area (Å²) in [7, 11) is 0. The van der Waals surface area contributed by atoms with Gasteiger partial charge in [-0.2, -0.15) is 18.4 Å². The van der Waals surface area contributed by atoms with Crippen LogP contribution in [0.1, 0.15) is 30.5 Å². The highest BCUT2D eigenvalue weighted by molar-refractivity contribution is 5.95. The van der Waals surface area contributed by atoms with Crippen molar-refractivity contribution in [3.8, 4) is 6.07 Å². The van der Waals surface area contributed by atoms with Crippen LogP contribution in [0, 0.1) is 22.6 Å². The van der Waals surface area contributed by atoms with E-state index in [1.807, 2.05) is 0 Å². The fourth-order valence-electron chi connectivity index (χ4n) is 2.45. The third-order valence-electron chi connectivity index (χ3n) is 3.88. The summed E-state index contributed by atoms with van der Waals surface area (Å²) in [6.07, 6.45) is -4.42. The first kappa shape index (κ1) is 19.4. The highest BCUT2D eigenvalue weighted by Crippen LogP contribution is 2.34. The molecule has 0 saturated carbocycles. The van der Waals surface area contributed by atoms with Gasteiger partial charge in [0.1, 0.15) is 5.82 Å². The molecule has 0 radical (unpaired) electrons. The molecule has 2 aromatic carbocycles. The minimum Gasteiger partial charge on any atom is -0.326 e. The van der Waals surface area contributed by atoms with E-state index in [4.69, 9.17) is 5.26 Å². The van der Waals surface area contributed by atoms with Crippen molar-refractivity contribution in [2.45, 2.75) is 26.4 Å². The zero-order valence-electron chi connectivity index (χ0n) is 14.1. The van der Waals surface area contributed by atoms with Gasteiger partial charge in [-0.3, -0.25) is 4.79 Å². The summed E-state index contributed by atoms with van der Waals surface area (Å²) in [5, 5.41) is 11.3. The Hall–Kier alpha value is -2.88. The summed E-state index contributed by atoms with van der Waals surface area (Å²) in [5.41, 5.74) is -1.88. The average Bonchev–Trinajstić information content (AvgIpc) is 2.56. The van der Waals surface area contributed by atoms with Crippen LogP contribution in [0.3, 0.4) is 0 Å². The molecule has 1 N–H and O–H groups in total. The molecule has 0 aliphatic heterocycles. The summed E-state index contributed by atoms with van der Waals surface area (Å²) in [6.45, 7) is 3.28. The van der Waals surface area contributed by atoms with Gasteiger partial charge in [-0.1, -0.05) is 26.0 Å². The number of nitrogens with zero attached hydrogens (tertiary/aromatic N) is 1. The van der Waals surface area contributed by atoms with Gasteiger partial charge in [-0.05, 0) is 42.3 Å². The molecule has 0 aliphatic carbocycles. The number of rotatable bonds is 4.